The first-order chi connectivity index (χ1) is 8.74. The lowest BCUT2D eigenvalue weighted by molar-refractivity contribution is 1.07. The van der Waals surface area contributed by atoms with Crippen LogP contribution in [0.4, 0.5) is 11.6 Å². The predicted octanol–water partition coefficient (Wildman–Crippen LogP) is 4.11. The largest absolute Gasteiger partial charge is 0.324 e. The number of halogens is 1. The minimum Gasteiger partial charge on any atom is -0.324 e. The van der Waals surface area contributed by atoms with Crippen molar-refractivity contribution in [3.63, 3.8) is 0 Å². The SMILES string of the molecule is CCc1cccc(CC)c1Nc1ncc(Br)cn1. The van der Waals surface area contributed by atoms with Crippen LogP contribution >= 0.6 is 15.9 Å². The molecule has 1 heterocycles. The average Bonchev–Trinajstić information content (AvgIpc) is 2.41. The molecule has 0 atom stereocenters. The molecule has 3 nitrogen and oxygen atoms in total. The first-order valence-corrected chi connectivity index (χ1v) is 6.89. The highest BCUT2D eigenvalue weighted by atomic mass is 79.9. The first-order valence-electron chi connectivity index (χ1n) is 6.10. The Balaban J connectivity index is 2.35. The zero-order valence-electron chi connectivity index (χ0n) is 10.6. The maximum absolute atomic E-state index is 4.26. The quantitative estimate of drug-likeness (QED) is 0.924. The number of aryl methyl sites for hydroxylation is 2. The molecule has 0 bridgehead atoms. The zero-order chi connectivity index (χ0) is 13.0. The molecule has 0 aliphatic rings. The van der Waals surface area contributed by atoms with Crippen molar-refractivity contribution in [1.82, 2.24) is 9.97 Å². The molecule has 18 heavy (non-hydrogen) atoms. The lowest BCUT2D eigenvalue weighted by atomic mass is 10.0. The first kappa shape index (κ1) is 13.0. The molecular formula is C14H16BrN3. The number of hydrogen-bond acceptors (Lipinski definition) is 3. The van der Waals surface area contributed by atoms with Crippen LogP contribution in [-0.4, -0.2) is 9.97 Å². The van der Waals surface area contributed by atoms with Crippen molar-refractivity contribution in [3.8, 4) is 0 Å². The van der Waals surface area contributed by atoms with Crippen molar-refractivity contribution in [3.05, 3.63) is 46.2 Å². The van der Waals surface area contributed by atoms with Gasteiger partial charge in [0.1, 0.15) is 0 Å². The number of hydrogen-bond donors (Lipinski definition) is 1. The summed E-state index contributed by atoms with van der Waals surface area (Å²) in [5.74, 6) is 0.633. The van der Waals surface area contributed by atoms with E-state index in [9.17, 15) is 0 Å². The van der Waals surface area contributed by atoms with Crippen molar-refractivity contribution < 1.29 is 0 Å². The summed E-state index contributed by atoms with van der Waals surface area (Å²) in [5, 5.41) is 3.33. The number of nitrogens with zero attached hydrogens (tertiary/aromatic N) is 2. The molecule has 0 unspecified atom stereocenters. The van der Waals surface area contributed by atoms with E-state index in [0.717, 1.165) is 23.0 Å². The summed E-state index contributed by atoms with van der Waals surface area (Å²) in [6.45, 7) is 4.31. The van der Waals surface area contributed by atoms with Crippen LogP contribution in [0.15, 0.2) is 35.1 Å². The Morgan fingerprint density at radius 1 is 1.06 bits per heavy atom. The Bertz CT molecular complexity index is 501. The molecule has 1 aromatic heterocycles. The van der Waals surface area contributed by atoms with Gasteiger partial charge in [-0.2, -0.15) is 0 Å². The van der Waals surface area contributed by atoms with E-state index in [-0.39, 0.29) is 0 Å². The summed E-state index contributed by atoms with van der Waals surface area (Å²) in [6.07, 6.45) is 5.48. The molecule has 0 radical (unpaired) electrons. The number of para-hydroxylation sites is 1. The monoisotopic (exact) mass is 305 g/mol. The second-order valence-corrected chi connectivity index (χ2v) is 4.92. The zero-order valence-corrected chi connectivity index (χ0v) is 12.2. The fourth-order valence-corrected chi connectivity index (χ4v) is 2.10. The number of anilines is 2. The molecule has 0 saturated carbocycles. The third kappa shape index (κ3) is 2.88. The van der Waals surface area contributed by atoms with Gasteiger partial charge in [0.15, 0.2) is 0 Å². The standard InChI is InChI=1S/C14H16BrN3/c1-3-10-6-5-7-11(4-2)13(10)18-14-16-8-12(15)9-17-14/h5-9H,3-4H2,1-2H3,(H,16,17,18). The lowest BCUT2D eigenvalue weighted by Gasteiger charge is -2.14. The Morgan fingerprint density at radius 3 is 2.11 bits per heavy atom. The Morgan fingerprint density at radius 2 is 1.61 bits per heavy atom. The van der Waals surface area contributed by atoms with Crippen LogP contribution in [0.1, 0.15) is 25.0 Å². The maximum Gasteiger partial charge on any atom is 0.227 e. The smallest absolute Gasteiger partial charge is 0.227 e. The van der Waals surface area contributed by atoms with Gasteiger partial charge in [-0.05, 0) is 39.9 Å². The fourth-order valence-electron chi connectivity index (χ4n) is 1.89. The van der Waals surface area contributed by atoms with Gasteiger partial charge >= 0.3 is 0 Å². The molecule has 0 amide bonds. The summed E-state index contributed by atoms with van der Waals surface area (Å²) < 4.78 is 0.882. The Kier molecular flexibility index (Phi) is 4.31. The number of benzene rings is 1. The van der Waals surface area contributed by atoms with E-state index >= 15 is 0 Å². The molecule has 94 valence electrons. The Labute approximate surface area is 116 Å². The average molecular weight is 306 g/mol. The van der Waals surface area contributed by atoms with Gasteiger partial charge in [-0.3, -0.25) is 0 Å². The highest BCUT2D eigenvalue weighted by Gasteiger charge is 2.07. The molecule has 0 aliphatic heterocycles. The van der Waals surface area contributed by atoms with Gasteiger partial charge in [-0.25, -0.2) is 9.97 Å². The molecule has 1 N–H and O–H groups in total. The van der Waals surface area contributed by atoms with Crippen LogP contribution < -0.4 is 5.32 Å². The molecule has 2 aromatic rings. The molecule has 0 aliphatic carbocycles. The third-order valence-corrected chi connectivity index (χ3v) is 3.27. The minimum absolute atomic E-state index is 0.633. The molecule has 0 saturated heterocycles. The maximum atomic E-state index is 4.26. The van der Waals surface area contributed by atoms with Crippen LogP contribution in [-0.2, 0) is 12.8 Å². The molecule has 4 heteroatoms. The Hall–Kier alpha value is -1.42. The van der Waals surface area contributed by atoms with Gasteiger partial charge in [-0.15, -0.1) is 0 Å². The summed E-state index contributed by atoms with van der Waals surface area (Å²) in [7, 11) is 0. The van der Waals surface area contributed by atoms with E-state index in [4.69, 9.17) is 0 Å². The van der Waals surface area contributed by atoms with E-state index in [1.54, 1.807) is 12.4 Å². The van der Waals surface area contributed by atoms with Gasteiger partial charge in [-0.1, -0.05) is 32.0 Å². The summed E-state index contributed by atoms with van der Waals surface area (Å²) in [6, 6.07) is 6.38. The van der Waals surface area contributed by atoms with E-state index in [0.29, 0.717) is 5.95 Å². The highest BCUT2D eigenvalue weighted by Crippen LogP contribution is 2.25. The molecule has 0 spiro atoms. The lowest BCUT2D eigenvalue weighted by Crippen LogP contribution is -2.02. The summed E-state index contributed by atoms with van der Waals surface area (Å²) >= 11 is 3.33. The van der Waals surface area contributed by atoms with Gasteiger partial charge < -0.3 is 5.32 Å². The van der Waals surface area contributed by atoms with E-state index in [2.05, 4.69) is 63.3 Å². The van der Waals surface area contributed by atoms with Crippen LogP contribution in [0, 0.1) is 0 Å². The second kappa shape index (κ2) is 5.96. The van der Waals surface area contributed by atoms with Crippen LogP contribution in [0.2, 0.25) is 0 Å². The minimum atomic E-state index is 0.633. The van der Waals surface area contributed by atoms with Gasteiger partial charge in [0, 0.05) is 18.1 Å². The van der Waals surface area contributed by atoms with E-state index < -0.39 is 0 Å². The van der Waals surface area contributed by atoms with Crippen molar-refractivity contribution in [2.45, 2.75) is 26.7 Å². The number of rotatable bonds is 4. The van der Waals surface area contributed by atoms with Crippen molar-refractivity contribution in [1.29, 1.82) is 0 Å². The fraction of sp³-hybridized carbons (Fsp3) is 0.286. The van der Waals surface area contributed by atoms with Crippen LogP contribution in [0.5, 0.6) is 0 Å². The molecule has 0 fully saturated rings. The van der Waals surface area contributed by atoms with Gasteiger partial charge in [0.2, 0.25) is 5.95 Å². The normalized spacial score (nSPS) is 10.4. The third-order valence-electron chi connectivity index (χ3n) is 2.86. The predicted molar refractivity (Wildman–Crippen MR) is 78.2 cm³/mol. The van der Waals surface area contributed by atoms with E-state index in [1.165, 1.54) is 11.1 Å². The van der Waals surface area contributed by atoms with Crippen LogP contribution in [0.25, 0.3) is 0 Å². The van der Waals surface area contributed by atoms with Crippen molar-refractivity contribution in [2.24, 2.45) is 0 Å². The molecule has 2 rings (SSSR count). The van der Waals surface area contributed by atoms with Gasteiger partial charge in [0.05, 0.1) is 4.47 Å². The molecular weight excluding hydrogens is 290 g/mol. The second-order valence-electron chi connectivity index (χ2n) is 4.01. The van der Waals surface area contributed by atoms with Crippen LogP contribution in [0.3, 0.4) is 0 Å². The van der Waals surface area contributed by atoms with Crippen molar-refractivity contribution in [2.75, 3.05) is 5.32 Å². The highest BCUT2D eigenvalue weighted by molar-refractivity contribution is 9.10. The summed E-state index contributed by atoms with van der Waals surface area (Å²) in [4.78, 5) is 8.51. The molecule has 1 aromatic carbocycles. The van der Waals surface area contributed by atoms with Crippen molar-refractivity contribution >= 4 is 27.6 Å². The number of nitrogens with one attached hydrogen (secondary N) is 1. The number of aromatic nitrogens is 2. The van der Waals surface area contributed by atoms with Gasteiger partial charge in [0.25, 0.3) is 0 Å². The topological polar surface area (TPSA) is 37.8 Å². The van der Waals surface area contributed by atoms with E-state index in [1.807, 2.05) is 0 Å². The summed E-state index contributed by atoms with van der Waals surface area (Å²) in [5.41, 5.74) is 3.73.